The highest BCUT2D eigenvalue weighted by Gasteiger charge is 2.16. The molecule has 0 aliphatic carbocycles. The highest BCUT2D eigenvalue weighted by Crippen LogP contribution is 1.98. The lowest BCUT2D eigenvalue weighted by molar-refractivity contribution is 0.0908. The fraction of sp³-hybridized carbons (Fsp3) is 1.00. The van der Waals surface area contributed by atoms with Gasteiger partial charge in [-0.25, -0.2) is 12.7 Å². The Bertz CT molecular complexity index is 257. The smallest absolute Gasteiger partial charge is 0.216 e. The number of nitrogens with one attached hydrogen (secondary N) is 1. The Morgan fingerprint density at radius 2 is 1.94 bits per heavy atom. The molecule has 0 spiro atoms. The van der Waals surface area contributed by atoms with Crippen molar-refractivity contribution in [3.8, 4) is 0 Å². The molecule has 16 heavy (non-hydrogen) atoms. The van der Waals surface area contributed by atoms with Gasteiger partial charge in [-0.05, 0) is 20.9 Å². The van der Waals surface area contributed by atoms with Crippen molar-refractivity contribution in [2.24, 2.45) is 0 Å². The third-order valence-corrected chi connectivity index (χ3v) is 3.76. The molecular formula is C9H23ClN2O3S. The van der Waals surface area contributed by atoms with E-state index in [9.17, 15) is 8.42 Å². The van der Waals surface area contributed by atoms with Crippen LogP contribution < -0.4 is 5.32 Å². The van der Waals surface area contributed by atoms with Crippen molar-refractivity contribution in [3.05, 3.63) is 0 Å². The maximum Gasteiger partial charge on any atom is 0.216 e. The number of nitrogens with zero attached hydrogens (tertiary/aromatic N) is 1. The van der Waals surface area contributed by atoms with Crippen LogP contribution in [-0.4, -0.2) is 58.4 Å². The monoisotopic (exact) mass is 274 g/mol. The molecule has 0 unspecified atom stereocenters. The summed E-state index contributed by atoms with van der Waals surface area (Å²) in [5, 5.41) is 2.91. The molecule has 0 aromatic heterocycles. The second-order valence-corrected chi connectivity index (χ2v) is 5.86. The minimum atomic E-state index is -3.16. The van der Waals surface area contributed by atoms with Gasteiger partial charge in [-0.3, -0.25) is 0 Å². The van der Waals surface area contributed by atoms with E-state index in [1.165, 1.54) is 4.31 Å². The largest absolute Gasteiger partial charge is 0.378 e. The molecule has 0 radical (unpaired) electrons. The van der Waals surface area contributed by atoms with Crippen LogP contribution in [0.2, 0.25) is 0 Å². The van der Waals surface area contributed by atoms with E-state index in [2.05, 4.69) is 5.32 Å². The average molecular weight is 275 g/mol. The summed E-state index contributed by atoms with van der Waals surface area (Å²) in [6.45, 7) is 5.17. The van der Waals surface area contributed by atoms with Crippen LogP contribution in [0.5, 0.6) is 0 Å². The molecular weight excluding hydrogens is 252 g/mol. The summed E-state index contributed by atoms with van der Waals surface area (Å²) in [6, 6.07) is 0. The molecule has 0 aromatic rings. The van der Waals surface area contributed by atoms with E-state index in [-0.39, 0.29) is 30.9 Å². The number of halogens is 1. The first-order chi connectivity index (χ1) is 6.90. The molecule has 0 heterocycles. The normalized spacial score (nSPS) is 11.9. The maximum absolute atomic E-state index is 11.6. The molecule has 0 fully saturated rings. The van der Waals surface area contributed by atoms with Gasteiger partial charge in [-0.1, -0.05) is 0 Å². The molecule has 1 N–H and O–H groups in total. The third kappa shape index (κ3) is 8.29. The minimum absolute atomic E-state index is 0. The SMILES string of the molecule is CNCCN(C)S(=O)(=O)CCOC(C)C.Cl. The lowest BCUT2D eigenvalue weighted by atomic mass is 10.5. The zero-order valence-electron chi connectivity index (χ0n) is 10.4. The zero-order chi connectivity index (χ0) is 11.9. The first-order valence-corrected chi connectivity index (χ1v) is 6.71. The number of ether oxygens (including phenoxy) is 1. The molecule has 0 saturated heterocycles. The standard InChI is InChI=1S/C9H22N2O3S.ClH/c1-9(2)14-7-8-15(12,13)11(4)6-5-10-3;/h9-10H,5-8H2,1-4H3;1H. The van der Waals surface area contributed by atoms with Gasteiger partial charge >= 0.3 is 0 Å². The summed E-state index contributed by atoms with van der Waals surface area (Å²) in [4.78, 5) is 0. The summed E-state index contributed by atoms with van der Waals surface area (Å²) in [5.74, 6) is 0.0470. The molecule has 0 aliphatic rings. The summed E-state index contributed by atoms with van der Waals surface area (Å²) >= 11 is 0. The summed E-state index contributed by atoms with van der Waals surface area (Å²) < 4.78 is 29.8. The number of hydrogen-bond acceptors (Lipinski definition) is 4. The van der Waals surface area contributed by atoms with Crippen LogP contribution in [0.4, 0.5) is 0 Å². The van der Waals surface area contributed by atoms with Gasteiger partial charge in [0, 0.05) is 20.1 Å². The Morgan fingerprint density at radius 3 is 2.38 bits per heavy atom. The van der Waals surface area contributed by atoms with Crippen LogP contribution in [0, 0.1) is 0 Å². The van der Waals surface area contributed by atoms with Crippen LogP contribution in [0.1, 0.15) is 13.8 Å². The molecule has 0 bridgehead atoms. The molecule has 7 heteroatoms. The third-order valence-electron chi connectivity index (χ3n) is 1.94. The summed E-state index contributed by atoms with van der Waals surface area (Å²) in [5.41, 5.74) is 0. The number of likely N-dealkylation sites (N-methyl/N-ethyl adjacent to an activating group) is 2. The van der Waals surface area contributed by atoms with Gasteiger partial charge in [0.15, 0.2) is 0 Å². The minimum Gasteiger partial charge on any atom is -0.378 e. The van der Waals surface area contributed by atoms with Crippen molar-refractivity contribution < 1.29 is 13.2 Å². The summed E-state index contributed by atoms with van der Waals surface area (Å²) in [7, 11) is 0.219. The van der Waals surface area contributed by atoms with Gasteiger partial charge in [0.25, 0.3) is 0 Å². The highest BCUT2D eigenvalue weighted by molar-refractivity contribution is 7.89. The Kier molecular flexibility index (Phi) is 10.6. The van der Waals surface area contributed by atoms with Gasteiger partial charge in [-0.15, -0.1) is 12.4 Å². The van der Waals surface area contributed by atoms with E-state index < -0.39 is 10.0 Å². The number of rotatable bonds is 8. The Labute approximate surface area is 105 Å². The van der Waals surface area contributed by atoms with E-state index in [0.717, 1.165) is 0 Å². The Morgan fingerprint density at radius 1 is 1.38 bits per heavy atom. The van der Waals surface area contributed by atoms with Crippen LogP contribution in [0.3, 0.4) is 0 Å². The average Bonchev–Trinajstić information content (AvgIpc) is 2.13. The van der Waals surface area contributed by atoms with Gasteiger partial charge < -0.3 is 10.1 Å². The topological polar surface area (TPSA) is 58.6 Å². The maximum atomic E-state index is 11.6. The highest BCUT2D eigenvalue weighted by atomic mass is 35.5. The van der Waals surface area contributed by atoms with E-state index in [0.29, 0.717) is 13.1 Å². The van der Waals surface area contributed by atoms with Gasteiger partial charge in [0.1, 0.15) is 0 Å². The molecule has 0 amide bonds. The van der Waals surface area contributed by atoms with Crippen LogP contribution in [0.25, 0.3) is 0 Å². The lowest BCUT2D eigenvalue weighted by Gasteiger charge is -2.17. The van der Waals surface area contributed by atoms with Crippen LogP contribution >= 0.6 is 12.4 Å². The zero-order valence-corrected chi connectivity index (χ0v) is 12.0. The van der Waals surface area contributed by atoms with E-state index in [1.54, 1.807) is 14.1 Å². The quantitative estimate of drug-likeness (QED) is 0.692. The molecule has 0 aromatic carbocycles. The van der Waals surface area contributed by atoms with E-state index >= 15 is 0 Å². The van der Waals surface area contributed by atoms with Crippen molar-refractivity contribution in [3.63, 3.8) is 0 Å². The van der Waals surface area contributed by atoms with Gasteiger partial charge in [0.05, 0.1) is 18.5 Å². The van der Waals surface area contributed by atoms with Crippen LogP contribution in [0.15, 0.2) is 0 Å². The first-order valence-electron chi connectivity index (χ1n) is 5.10. The number of sulfonamides is 1. The molecule has 100 valence electrons. The first kappa shape index (κ1) is 18.5. The van der Waals surface area contributed by atoms with E-state index in [1.807, 2.05) is 13.8 Å². The van der Waals surface area contributed by atoms with Crippen molar-refractivity contribution in [2.45, 2.75) is 20.0 Å². The van der Waals surface area contributed by atoms with Crippen molar-refractivity contribution in [1.29, 1.82) is 0 Å². The lowest BCUT2D eigenvalue weighted by Crippen LogP contribution is -2.35. The fourth-order valence-electron chi connectivity index (χ4n) is 0.953. The van der Waals surface area contributed by atoms with Crippen molar-refractivity contribution >= 4 is 22.4 Å². The van der Waals surface area contributed by atoms with Crippen molar-refractivity contribution in [1.82, 2.24) is 9.62 Å². The summed E-state index contributed by atoms with van der Waals surface area (Å²) in [6.07, 6.45) is 0.0721. The Balaban J connectivity index is 0. The molecule has 0 saturated carbocycles. The van der Waals surface area contributed by atoms with E-state index in [4.69, 9.17) is 4.74 Å². The molecule has 0 aliphatic heterocycles. The molecule has 0 rings (SSSR count). The molecule has 5 nitrogen and oxygen atoms in total. The predicted octanol–water partition coefficient (Wildman–Crippen LogP) is 0.314. The van der Waals surface area contributed by atoms with Crippen molar-refractivity contribution in [2.75, 3.05) is 39.5 Å². The van der Waals surface area contributed by atoms with Gasteiger partial charge in [0.2, 0.25) is 10.0 Å². The fourth-order valence-corrected chi connectivity index (χ4v) is 1.94. The predicted molar refractivity (Wildman–Crippen MR) is 68.7 cm³/mol. The number of hydrogen-bond donors (Lipinski definition) is 1. The molecule has 0 atom stereocenters. The second-order valence-electron chi connectivity index (χ2n) is 3.66. The van der Waals surface area contributed by atoms with Crippen LogP contribution in [-0.2, 0) is 14.8 Å². The van der Waals surface area contributed by atoms with Gasteiger partial charge in [-0.2, -0.15) is 0 Å². The second kappa shape index (κ2) is 9.18. The Hall–Kier alpha value is 0.120.